The van der Waals surface area contributed by atoms with Crippen LogP contribution in [0.15, 0.2) is 33.6 Å². The number of nitrogens with zero attached hydrogens (tertiary/aromatic N) is 1. The first-order chi connectivity index (χ1) is 5.92. The molecule has 12 heavy (non-hydrogen) atoms. The smallest absolute Gasteiger partial charge is 0.195 e. The number of rotatable bonds is 2. The molecule has 0 radical (unpaired) electrons. The molecule has 0 saturated heterocycles. The summed E-state index contributed by atoms with van der Waals surface area (Å²) in [6, 6.07) is 3.50. The van der Waals surface area contributed by atoms with Crippen molar-refractivity contribution >= 4 is 0 Å². The quantitative estimate of drug-likeness (QED) is 0.731. The fraction of sp³-hybridized carbons (Fsp3) is 0.125. The van der Waals surface area contributed by atoms with E-state index in [-0.39, 0.29) is 6.61 Å². The summed E-state index contributed by atoms with van der Waals surface area (Å²) in [6.45, 7) is -0.146. The molecule has 2 rings (SSSR count). The van der Waals surface area contributed by atoms with Crippen LogP contribution in [0.2, 0.25) is 0 Å². The summed E-state index contributed by atoms with van der Waals surface area (Å²) in [7, 11) is 0. The van der Waals surface area contributed by atoms with E-state index in [1.54, 1.807) is 18.4 Å². The second-order valence-electron chi connectivity index (χ2n) is 2.26. The summed E-state index contributed by atoms with van der Waals surface area (Å²) >= 11 is 0. The second-order valence-corrected chi connectivity index (χ2v) is 2.26. The molecule has 0 spiro atoms. The Kier molecular flexibility index (Phi) is 1.68. The van der Waals surface area contributed by atoms with Crippen molar-refractivity contribution in [3.05, 3.63) is 30.5 Å². The Hall–Kier alpha value is -1.55. The van der Waals surface area contributed by atoms with Crippen molar-refractivity contribution in [2.45, 2.75) is 6.61 Å². The maximum absolute atomic E-state index is 8.84. The molecule has 0 fully saturated rings. The van der Waals surface area contributed by atoms with Crippen LogP contribution in [0.3, 0.4) is 0 Å². The van der Waals surface area contributed by atoms with Gasteiger partial charge in [0, 0.05) is 0 Å². The molecule has 2 aromatic rings. The van der Waals surface area contributed by atoms with Gasteiger partial charge >= 0.3 is 0 Å². The standard InChI is InChI=1S/C8H7NO3/c10-4-6-8(12-5-9-6)7-2-1-3-11-7/h1-3,5,10H,4H2. The highest BCUT2D eigenvalue weighted by Gasteiger charge is 2.11. The summed E-state index contributed by atoms with van der Waals surface area (Å²) in [5, 5.41) is 8.84. The lowest BCUT2D eigenvalue weighted by atomic mass is 10.3. The van der Waals surface area contributed by atoms with Gasteiger partial charge in [0.2, 0.25) is 0 Å². The average molecular weight is 165 g/mol. The van der Waals surface area contributed by atoms with Gasteiger partial charge in [-0.3, -0.25) is 0 Å². The summed E-state index contributed by atoms with van der Waals surface area (Å²) in [4.78, 5) is 3.81. The SMILES string of the molecule is OCc1ncoc1-c1ccco1. The van der Waals surface area contributed by atoms with Crippen LogP contribution in [0.25, 0.3) is 11.5 Å². The topological polar surface area (TPSA) is 59.4 Å². The first-order valence-electron chi connectivity index (χ1n) is 3.49. The molecule has 0 aromatic carbocycles. The van der Waals surface area contributed by atoms with Crippen LogP contribution >= 0.6 is 0 Å². The number of oxazole rings is 1. The van der Waals surface area contributed by atoms with Gasteiger partial charge in [-0.05, 0) is 12.1 Å². The number of aromatic nitrogens is 1. The van der Waals surface area contributed by atoms with Gasteiger partial charge in [0.15, 0.2) is 17.9 Å². The average Bonchev–Trinajstić information content (AvgIpc) is 2.74. The molecule has 0 saturated carbocycles. The zero-order valence-corrected chi connectivity index (χ0v) is 6.23. The highest BCUT2D eigenvalue weighted by molar-refractivity contribution is 5.51. The predicted octanol–water partition coefficient (Wildman–Crippen LogP) is 1.43. The van der Waals surface area contributed by atoms with Crippen molar-refractivity contribution in [1.29, 1.82) is 0 Å². The molecule has 0 unspecified atom stereocenters. The Morgan fingerprint density at radius 2 is 2.33 bits per heavy atom. The van der Waals surface area contributed by atoms with E-state index < -0.39 is 0 Å². The normalized spacial score (nSPS) is 10.4. The highest BCUT2D eigenvalue weighted by atomic mass is 16.4. The van der Waals surface area contributed by atoms with E-state index in [2.05, 4.69) is 4.98 Å². The van der Waals surface area contributed by atoms with Crippen LogP contribution in [-0.2, 0) is 6.61 Å². The molecule has 0 atom stereocenters. The molecule has 4 heteroatoms. The van der Waals surface area contributed by atoms with Crippen LogP contribution in [0.5, 0.6) is 0 Å². The molecular formula is C8H7NO3. The molecule has 62 valence electrons. The summed E-state index contributed by atoms with van der Waals surface area (Å²) in [5.74, 6) is 1.07. The van der Waals surface area contributed by atoms with E-state index >= 15 is 0 Å². The fourth-order valence-electron chi connectivity index (χ4n) is 0.990. The van der Waals surface area contributed by atoms with E-state index in [9.17, 15) is 0 Å². The monoisotopic (exact) mass is 165 g/mol. The van der Waals surface area contributed by atoms with Crippen LogP contribution in [0.1, 0.15) is 5.69 Å². The molecule has 0 aliphatic rings. The largest absolute Gasteiger partial charge is 0.461 e. The third kappa shape index (κ3) is 1.02. The van der Waals surface area contributed by atoms with Crippen LogP contribution in [0.4, 0.5) is 0 Å². The predicted molar refractivity (Wildman–Crippen MR) is 40.1 cm³/mol. The Bertz CT molecular complexity index is 350. The van der Waals surface area contributed by atoms with Crippen LogP contribution in [-0.4, -0.2) is 10.1 Å². The number of aliphatic hydroxyl groups excluding tert-OH is 1. The fourth-order valence-corrected chi connectivity index (χ4v) is 0.990. The molecule has 2 aromatic heterocycles. The third-order valence-corrected chi connectivity index (χ3v) is 1.54. The van der Waals surface area contributed by atoms with E-state index in [0.29, 0.717) is 17.2 Å². The minimum absolute atomic E-state index is 0.146. The number of hydrogen-bond acceptors (Lipinski definition) is 4. The Morgan fingerprint density at radius 1 is 1.42 bits per heavy atom. The first kappa shape index (κ1) is 7.12. The number of furan rings is 1. The second kappa shape index (κ2) is 2.83. The van der Waals surface area contributed by atoms with E-state index in [1.165, 1.54) is 6.39 Å². The van der Waals surface area contributed by atoms with E-state index in [0.717, 1.165) is 0 Å². The lowest BCUT2D eigenvalue weighted by molar-refractivity contribution is 0.277. The zero-order valence-electron chi connectivity index (χ0n) is 6.23. The van der Waals surface area contributed by atoms with Crippen molar-refractivity contribution < 1.29 is 13.9 Å². The Balaban J connectivity index is 2.46. The molecule has 2 heterocycles. The molecule has 1 N–H and O–H groups in total. The van der Waals surface area contributed by atoms with E-state index in [4.69, 9.17) is 13.9 Å². The van der Waals surface area contributed by atoms with Crippen molar-refractivity contribution in [2.24, 2.45) is 0 Å². The highest BCUT2D eigenvalue weighted by Crippen LogP contribution is 2.22. The Morgan fingerprint density at radius 3 is 3.00 bits per heavy atom. The van der Waals surface area contributed by atoms with Gasteiger partial charge in [0.05, 0.1) is 12.9 Å². The lowest BCUT2D eigenvalue weighted by Gasteiger charge is -1.91. The molecule has 0 bridgehead atoms. The molecule has 0 aliphatic carbocycles. The molecule has 0 amide bonds. The molecular weight excluding hydrogens is 158 g/mol. The lowest BCUT2D eigenvalue weighted by Crippen LogP contribution is -1.84. The van der Waals surface area contributed by atoms with Gasteiger partial charge in [0.1, 0.15) is 5.69 Å². The van der Waals surface area contributed by atoms with Crippen molar-refractivity contribution in [1.82, 2.24) is 4.98 Å². The summed E-state index contributed by atoms with van der Waals surface area (Å²) in [6.07, 6.45) is 2.82. The van der Waals surface area contributed by atoms with Gasteiger partial charge in [0.25, 0.3) is 0 Å². The van der Waals surface area contributed by atoms with Crippen molar-refractivity contribution in [3.8, 4) is 11.5 Å². The minimum Gasteiger partial charge on any atom is -0.461 e. The van der Waals surface area contributed by atoms with Crippen molar-refractivity contribution in [2.75, 3.05) is 0 Å². The first-order valence-corrected chi connectivity index (χ1v) is 3.49. The summed E-state index contributed by atoms with van der Waals surface area (Å²) in [5.41, 5.74) is 0.491. The van der Waals surface area contributed by atoms with Gasteiger partial charge in [-0.1, -0.05) is 0 Å². The van der Waals surface area contributed by atoms with Crippen molar-refractivity contribution in [3.63, 3.8) is 0 Å². The molecule has 0 aliphatic heterocycles. The maximum Gasteiger partial charge on any atom is 0.195 e. The summed E-state index contributed by atoms with van der Waals surface area (Å²) < 4.78 is 10.1. The minimum atomic E-state index is -0.146. The third-order valence-electron chi connectivity index (χ3n) is 1.54. The zero-order chi connectivity index (χ0) is 8.39. The maximum atomic E-state index is 8.84. The van der Waals surface area contributed by atoms with Gasteiger partial charge < -0.3 is 13.9 Å². The van der Waals surface area contributed by atoms with E-state index in [1.807, 2.05) is 0 Å². The van der Waals surface area contributed by atoms with Gasteiger partial charge in [-0.2, -0.15) is 0 Å². The van der Waals surface area contributed by atoms with Gasteiger partial charge in [-0.25, -0.2) is 4.98 Å². The molecule has 4 nitrogen and oxygen atoms in total. The van der Waals surface area contributed by atoms with Crippen LogP contribution < -0.4 is 0 Å². The van der Waals surface area contributed by atoms with Crippen LogP contribution in [0, 0.1) is 0 Å². The Labute approximate surface area is 68.5 Å². The van der Waals surface area contributed by atoms with Gasteiger partial charge in [-0.15, -0.1) is 0 Å². The number of aliphatic hydroxyl groups is 1. The number of hydrogen-bond donors (Lipinski definition) is 1.